The predicted molar refractivity (Wildman–Crippen MR) is 77.9 cm³/mol. The highest BCUT2D eigenvalue weighted by Crippen LogP contribution is 2.32. The van der Waals surface area contributed by atoms with Crippen LogP contribution < -0.4 is 5.32 Å². The topological polar surface area (TPSA) is 42.7 Å². The highest BCUT2D eigenvalue weighted by atomic mass is 15.3. The largest absolute Gasteiger partial charge is 0.312 e. The Labute approximate surface area is 117 Å². The van der Waals surface area contributed by atoms with E-state index in [1.807, 2.05) is 11.7 Å². The average molecular weight is 264 g/mol. The van der Waals surface area contributed by atoms with Gasteiger partial charge in [-0.15, -0.1) is 0 Å². The zero-order chi connectivity index (χ0) is 13.9. The number of nitrogens with one attached hydrogen (secondary N) is 1. The molecule has 0 spiro atoms. The number of hydrogen-bond donors (Lipinski definition) is 1. The molecule has 2 unspecified atom stereocenters. The fraction of sp³-hybridized carbons (Fsp3) is 0.867. The third-order valence-corrected chi connectivity index (χ3v) is 4.21. The van der Waals surface area contributed by atoms with Crippen LogP contribution in [0.2, 0.25) is 0 Å². The van der Waals surface area contributed by atoms with Crippen LogP contribution in [0.5, 0.6) is 0 Å². The van der Waals surface area contributed by atoms with E-state index in [2.05, 4.69) is 36.2 Å². The molecule has 4 nitrogen and oxygen atoms in total. The van der Waals surface area contributed by atoms with Gasteiger partial charge in [0.15, 0.2) is 0 Å². The fourth-order valence-electron chi connectivity index (χ4n) is 3.00. The summed E-state index contributed by atoms with van der Waals surface area (Å²) in [5, 5.41) is 7.86. The highest BCUT2D eigenvalue weighted by Gasteiger charge is 2.27. The molecule has 1 fully saturated rings. The number of rotatable bonds is 4. The Morgan fingerprint density at radius 1 is 1.26 bits per heavy atom. The monoisotopic (exact) mass is 264 g/mol. The first-order chi connectivity index (χ1) is 8.96. The summed E-state index contributed by atoms with van der Waals surface area (Å²) >= 11 is 0. The van der Waals surface area contributed by atoms with E-state index in [4.69, 9.17) is 0 Å². The van der Waals surface area contributed by atoms with E-state index in [0.717, 1.165) is 30.6 Å². The van der Waals surface area contributed by atoms with Gasteiger partial charge in [-0.25, -0.2) is 4.98 Å². The Bertz CT molecular complexity index is 391. The van der Waals surface area contributed by atoms with Gasteiger partial charge >= 0.3 is 0 Å². The maximum atomic E-state index is 4.38. The third kappa shape index (κ3) is 4.30. The van der Waals surface area contributed by atoms with Gasteiger partial charge in [-0.3, -0.25) is 4.68 Å². The van der Waals surface area contributed by atoms with Crippen LogP contribution in [-0.2, 0) is 13.5 Å². The molecule has 2 atom stereocenters. The van der Waals surface area contributed by atoms with Crippen LogP contribution in [0.25, 0.3) is 0 Å². The minimum absolute atomic E-state index is 0.215. The molecule has 0 saturated heterocycles. The molecule has 19 heavy (non-hydrogen) atoms. The SMILES string of the molecule is Cn1ncnc1CC1CCCCC1CNC(C)(C)C. The molecule has 0 aromatic carbocycles. The first kappa shape index (κ1) is 14.5. The fourth-order valence-corrected chi connectivity index (χ4v) is 3.00. The molecule has 1 heterocycles. The number of aromatic nitrogens is 3. The summed E-state index contributed by atoms with van der Waals surface area (Å²) in [7, 11) is 1.99. The minimum atomic E-state index is 0.215. The molecular formula is C15H28N4. The lowest BCUT2D eigenvalue weighted by atomic mass is 9.77. The summed E-state index contributed by atoms with van der Waals surface area (Å²) in [4.78, 5) is 4.38. The first-order valence-electron chi connectivity index (χ1n) is 7.53. The predicted octanol–water partition coefficient (Wildman–Crippen LogP) is 2.55. The Kier molecular flexibility index (Phi) is 4.61. The summed E-state index contributed by atoms with van der Waals surface area (Å²) in [5.74, 6) is 2.67. The average Bonchev–Trinajstić information content (AvgIpc) is 2.73. The molecule has 1 aliphatic rings. The molecule has 1 N–H and O–H groups in total. The van der Waals surface area contributed by atoms with Gasteiger partial charge in [0.05, 0.1) is 0 Å². The van der Waals surface area contributed by atoms with Crippen LogP contribution in [0, 0.1) is 11.8 Å². The van der Waals surface area contributed by atoms with Gasteiger partial charge in [0.1, 0.15) is 12.2 Å². The molecule has 1 aromatic heterocycles. The summed E-state index contributed by atoms with van der Waals surface area (Å²) < 4.78 is 1.92. The molecule has 1 aliphatic carbocycles. The van der Waals surface area contributed by atoms with E-state index >= 15 is 0 Å². The van der Waals surface area contributed by atoms with Crippen molar-refractivity contribution in [2.45, 2.75) is 58.4 Å². The molecule has 1 aromatic rings. The molecule has 108 valence electrons. The Morgan fingerprint density at radius 3 is 2.53 bits per heavy atom. The summed E-state index contributed by atoms with van der Waals surface area (Å²) in [6, 6.07) is 0. The zero-order valence-corrected chi connectivity index (χ0v) is 12.8. The number of nitrogens with zero attached hydrogens (tertiary/aromatic N) is 3. The van der Waals surface area contributed by atoms with E-state index in [1.54, 1.807) is 6.33 Å². The maximum absolute atomic E-state index is 4.38. The molecule has 1 saturated carbocycles. The molecular weight excluding hydrogens is 236 g/mol. The van der Waals surface area contributed by atoms with Gasteiger partial charge in [-0.1, -0.05) is 12.8 Å². The van der Waals surface area contributed by atoms with Crippen LogP contribution in [0.4, 0.5) is 0 Å². The number of aryl methyl sites for hydroxylation is 1. The van der Waals surface area contributed by atoms with Crippen molar-refractivity contribution >= 4 is 0 Å². The van der Waals surface area contributed by atoms with Crippen molar-refractivity contribution in [1.82, 2.24) is 20.1 Å². The van der Waals surface area contributed by atoms with Gasteiger partial charge in [-0.2, -0.15) is 5.10 Å². The van der Waals surface area contributed by atoms with Crippen LogP contribution >= 0.6 is 0 Å². The van der Waals surface area contributed by atoms with Gasteiger partial charge in [0.2, 0.25) is 0 Å². The third-order valence-electron chi connectivity index (χ3n) is 4.21. The van der Waals surface area contributed by atoms with Crippen molar-refractivity contribution in [2.75, 3.05) is 6.54 Å². The maximum Gasteiger partial charge on any atom is 0.138 e. The van der Waals surface area contributed by atoms with Crippen molar-refractivity contribution in [3.05, 3.63) is 12.2 Å². The van der Waals surface area contributed by atoms with Crippen LogP contribution in [0.3, 0.4) is 0 Å². The highest BCUT2D eigenvalue weighted by molar-refractivity contribution is 4.91. The molecule has 4 heteroatoms. The molecule has 0 radical (unpaired) electrons. The Hall–Kier alpha value is -0.900. The van der Waals surface area contributed by atoms with Crippen molar-refractivity contribution in [1.29, 1.82) is 0 Å². The van der Waals surface area contributed by atoms with E-state index in [-0.39, 0.29) is 5.54 Å². The Morgan fingerprint density at radius 2 is 1.95 bits per heavy atom. The zero-order valence-electron chi connectivity index (χ0n) is 12.8. The minimum Gasteiger partial charge on any atom is -0.312 e. The van der Waals surface area contributed by atoms with Gasteiger partial charge in [0.25, 0.3) is 0 Å². The van der Waals surface area contributed by atoms with E-state index < -0.39 is 0 Å². The van der Waals surface area contributed by atoms with Gasteiger partial charge in [0, 0.05) is 19.0 Å². The molecule has 0 aliphatic heterocycles. The van der Waals surface area contributed by atoms with Crippen LogP contribution in [0.15, 0.2) is 6.33 Å². The van der Waals surface area contributed by atoms with E-state index in [9.17, 15) is 0 Å². The first-order valence-corrected chi connectivity index (χ1v) is 7.53. The summed E-state index contributed by atoms with van der Waals surface area (Å²) in [6.45, 7) is 7.86. The number of hydrogen-bond acceptors (Lipinski definition) is 3. The lowest BCUT2D eigenvalue weighted by Gasteiger charge is -2.34. The van der Waals surface area contributed by atoms with Crippen LogP contribution in [-0.4, -0.2) is 26.8 Å². The van der Waals surface area contributed by atoms with E-state index in [1.165, 1.54) is 25.7 Å². The van der Waals surface area contributed by atoms with Gasteiger partial charge in [-0.05, 0) is 52.0 Å². The van der Waals surface area contributed by atoms with Gasteiger partial charge < -0.3 is 5.32 Å². The summed E-state index contributed by atoms with van der Waals surface area (Å²) in [6.07, 6.45) is 8.18. The lowest BCUT2D eigenvalue weighted by Crippen LogP contribution is -2.42. The van der Waals surface area contributed by atoms with Crippen molar-refractivity contribution in [2.24, 2.45) is 18.9 Å². The normalized spacial score (nSPS) is 24.6. The molecule has 2 rings (SSSR count). The quantitative estimate of drug-likeness (QED) is 0.909. The van der Waals surface area contributed by atoms with Crippen molar-refractivity contribution in [3.63, 3.8) is 0 Å². The lowest BCUT2D eigenvalue weighted by molar-refractivity contribution is 0.209. The smallest absolute Gasteiger partial charge is 0.138 e. The molecule has 0 bridgehead atoms. The van der Waals surface area contributed by atoms with Crippen molar-refractivity contribution < 1.29 is 0 Å². The summed E-state index contributed by atoms with van der Waals surface area (Å²) in [5.41, 5.74) is 0.215. The second-order valence-corrected chi connectivity index (χ2v) is 6.94. The van der Waals surface area contributed by atoms with Crippen LogP contribution in [0.1, 0.15) is 52.3 Å². The second kappa shape index (κ2) is 6.04. The van der Waals surface area contributed by atoms with Crippen molar-refractivity contribution in [3.8, 4) is 0 Å². The molecule has 0 amide bonds. The standard InChI is InChI=1S/C15H28N4/c1-15(2,3)17-10-13-8-6-5-7-12(13)9-14-16-11-18-19(14)4/h11-13,17H,5-10H2,1-4H3. The van der Waals surface area contributed by atoms with E-state index in [0.29, 0.717) is 0 Å². The second-order valence-electron chi connectivity index (χ2n) is 6.94. The Balaban J connectivity index is 1.94.